The highest BCUT2D eigenvalue weighted by molar-refractivity contribution is 7.77. The standard InChI is InChI=1S/C6H13NOS/c1-2-6-5-7(9)3-4-8-6/h6,9H,2-5H2,1H3. The summed E-state index contributed by atoms with van der Waals surface area (Å²) in [5.74, 6) is 0. The minimum atomic E-state index is 0.413. The van der Waals surface area contributed by atoms with E-state index in [4.69, 9.17) is 4.74 Å². The van der Waals surface area contributed by atoms with Gasteiger partial charge in [0.25, 0.3) is 0 Å². The molecule has 0 aliphatic carbocycles. The fourth-order valence-corrected chi connectivity index (χ4v) is 1.21. The third kappa shape index (κ3) is 2.16. The van der Waals surface area contributed by atoms with Crippen LogP contribution in [0, 0.1) is 0 Å². The molecule has 1 aliphatic heterocycles. The Morgan fingerprint density at radius 2 is 2.56 bits per heavy atom. The lowest BCUT2D eigenvalue weighted by molar-refractivity contribution is 0.000905. The van der Waals surface area contributed by atoms with E-state index in [-0.39, 0.29) is 0 Å². The van der Waals surface area contributed by atoms with Crippen LogP contribution in [0.4, 0.5) is 0 Å². The van der Waals surface area contributed by atoms with Crippen LogP contribution in [0.3, 0.4) is 0 Å². The fraction of sp³-hybridized carbons (Fsp3) is 1.00. The average molecular weight is 147 g/mol. The summed E-state index contributed by atoms with van der Waals surface area (Å²) in [6, 6.07) is 0. The monoisotopic (exact) mass is 147 g/mol. The van der Waals surface area contributed by atoms with Gasteiger partial charge in [-0.15, -0.1) is 0 Å². The Morgan fingerprint density at radius 3 is 3.00 bits per heavy atom. The first-order valence-electron chi connectivity index (χ1n) is 3.38. The van der Waals surface area contributed by atoms with Crippen LogP contribution in [-0.2, 0) is 4.74 Å². The highest BCUT2D eigenvalue weighted by Crippen LogP contribution is 2.08. The van der Waals surface area contributed by atoms with Crippen LogP contribution >= 0.6 is 12.8 Å². The van der Waals surface area contributed by atoms with E-state index in [1.165, 1.54) is 0 Å². The molecule has 0 aromatic heterocycles. The van der Waals surface area contributed by atoms with E-state index in [0.717, 1.165) is 26.1 Å². The predicted octanol–water partition coefficient (Wildman–Crippen LogP) is 0.942. The summed E-state index contributed by atoms with van der Waals surface area (Å²) in [6.07, 6.45) is 1.51. The van der Waals surface area contributed by atoms with Crippen molar-refractivity contribution >= 4 is 12.8 Å². The van der Waals surface area contributed by atoms with Gasteiger partial charge >= 0.3 is 0 Å². The molecule has 1 rings (SSSR count). The number of rotatable bonds is 1. The summed E-state index contributed by atoms with van der Waals surface area (Å²) >= 11 is 4.23. The van der Waals surface area contributed by atoms with Crippen LogP contribution < -0.4 is 0 Å². The van der Waals surface area contributed by atoms with Crippen molar-refractivity contribution in [2.75, 3.05) is 19.7 Å². The maximum absolute atomic E-state index is 5.41. The highest BCUT2D eigenvalue weighted by Gasteiger charge is 2.15. The zero-order valence-corrected chi connectivity index (χ0v) is 6.60. The lowest BCUT2D eigenvalue weighted by Crippen LogP contribution is -2.36. The van der Waals surface area contributed by atoms with E-state index >= 15 is 0 Å². The minimum Gasteiger partial charge on any atom is -0.375 e. The Labute approximate surface area is 61.7 Å². The summed E-state index contributed by atoms with van der Waals surface area (Å²) in [4.78, 5) is 0. The SMILES string of the molecule is CCC1CN(S)CCO1. The van der Waals surface area contributed by atoms with Crippen molar-refractivity contribution in [1.82, 2.24) is 4.31 Å². The molecule has 1 aliphatic rings. The summed E-state index contributed by atoms with van der Waals surface area (Å²) in [7, 11) is 0. The Hall–Kier alpha value is 0.270. The predicted molar refractivity (Wildman–Crippen MR) is 40.6 cm³/mol. The second kappa shape index (κ2) is 3.44. The van der Waals surface area contributed by atoms with Gasteiger partial charge in [0.05, 0.1) is 12.7 Å². The molecule has 2 nitrogen and oxygen atoms in total. The number of hydrogen-bond acceptors (Lipinski definition) is 3. The van der Waals surface area contributed by atoms with Gasteiger partial charge in [-0.05, 0) is 6.42 Å². The normalized spacial score (nSPS) is 30.7. The van der Waals surface area contributed by atoms with Crippen LogP contribution in [0.5, 0.6) is 0 Å². The van der Waals surface area contributed by atoms with Gasteiger partial charge in [0.15, 0.2) is 0 Å². The maximum atomic E-state index is 5.41. The smallest absolute Gasteiger partial charge is 0.0709 e. The number of nitrogens with zero attached hydrogens (tertiary/aromatic N) is 1. The average Bonchev–Trinajstić information content (AvgIpc) is 1.88. The van der Waals surface area contributed by atoms with Crippen molar-refractivity contribution in [3.63, 3.8) is 0 Å². The maximum Gasteiger partial charge on any atom is 0.0709 e. The first-order valence-corrected chi connectivity index (χ1v) is 3.78. The van der Waals surface area contributed by atoms with Crippen molar-refractivity contribution in [1.29, 1.82) is 0 Å². The fourth-order valence-electron chi connectivity index (χ4n) is 0.951. The van der Waals surface area contributed by atoms with Gasteiger partial charge in [0.1, 0.15) is 0 Å². The molecular weight excluding hydrogens is 134 g/mol. The first-order chi connectivity index (χ1) is 4.33. The molecule has 0 spiro atoms. The van der Waals surface area contributed by atoms with Gasteiger partial charge in [0.2, 0.25) is 0 Å². The van der Waals surface area contributed by atoms with E-state index < -0.39 is 0 Å². The van der Waals surface area contributed by atoms with Crippen LogP contribution in [0.15, 0.2) is 0 Å². The molecule has 0 amide bonds. The molecule has 54 valence electrons. The molecule has 0 aromatic rings. The largest absolute Gasteiger partial charge is 0.375 e. The zero-order chi connectivity index (χ0) is 6.69. The second-order valence-electron chi connectivity index (χ2n) is 2.31. The molecule has 0 saturated carbocycles. The molecule has 1 saturated heterocycles. The summed E-state index contributed by atoms with van der Waals surface area (Å²) in [6.45, 7) is 4.90. The van der Waals surface area contributed by atoms with E-state index in [2.05, 4.69) is 19.7 Å². The minimum absolute atomic E-state index is 0.413. The summed E-state index contributed by atoms with van der Waals surface area (Å²) in [5.41, 5.74) is 0. The van der Waals surface area contributed by atoms with Crippen molar-refractivity contribution < 1.29 is 4.74 Å². The van der Waals surface area contributed by atoms with Gasteiger partial charge in [-0.1, -0.05) is 19.7 Å². The third-order valence-electron chi connectivity index (χ3n) is 1.57. The zero-order valence-electron chi connectivity index (χ0n) is 5.71. The van der Waals surface area contributed by atoms with Crippen molar-refractivity contribution in [2.24, 2.45) is 0 Å². The Morgan fingerprint density at radius 1 is 1.78 bits per heavy atom. The molecule has 3 heteroatoms. The number of morpholine rings is 1. The van der Waals surface area contributed by atoms with Gasteiger partial charge in [-0.25, -0.2) is 4.31 Å². The molecular formula is C6H13NOS. The molecule has 9 heavy (non-hydrogen) atoms. The van der Waals surface area contributed by atoms with Crippen LogP contribution in [0.1, 0.15) is 13.3 Å². The van der Waals surface area contributed by atoms with Gasteiger partial charge < -0.3 is 4.74 Å². The van der Waals surface area contributed by atoms with E-state index in [9.17, 15) is 0 Å². The molecule has 0 radical (unpaired) electrons. The second-order valence-corrected chi connectivity index (χ2v) is 2.88. The molecule has 1 heterocycles. The van der Waals surface area contributed by atoms with Gasteiger partial charge in [-0.2, -0.15) is 0 Å². The van der Waals surface area contributed by atoms with Gasteiger partial charge in [-0.3, -0.25) is 0 Å². The lowest BCUT2D eigenvalue weighted by atomic mass is 10.2. The van der Waals surface area contributed by atoms with Crippen LogP contribution in [-0.4, -0.2) is 30.1 Å². The first kappa shape index (κ1) is 7.38. The van der Waals surface area contributed by atoms with Crippen molar-refractivity contribution in [3.8, 4) is 0 Å². The molecule has 1 fully saturated rings. The van der Waals surface area contributed by atoms with Crippen molar-refractivity contribution in [3.05, 3.63) is 0 Å². The van der Waals surface area contributed by atoms with Crippen LogP contribution in [0.25, 0.3) is 0 Å². The molecule has 1 atom stereocenters. The van der Waals surface area contributed by atoms with E-state index in [1.54, 1.807) is 0 Å². The Bertz CT molecular complexity index is 89.1. The Kier molecular flexibility index (Phi) is 2.82. The molecule has 1 unspecified atom stereocenters. The number of hydrogen-bond donors (Lipinski definition) is 1. The topological polar surface area (TPSA) is 12.5 Å². The third-order valence-corrected chi connectivity index (χ3v) is 1.94. The summed E-state index contributed by atoms with van der Waals surface area (Å²) in [5, 5.41) is 0. The number of ether oxygens (including phenoxy) is 1. The molecule has 0 aromatic carbocycles. The lowest BCUT2D eigenvalue weighted by Gasteiger charge is -2.27. The van der Waals surface area contributed by atoms with Crippen LogP contribution in [0.2, 0.25) is 0 Å². The van der Waals surface area contributed by atoms with Gasteiger partial charge in [0, 0.05) is 13.1 Å². The van der Waals surface area contributed by atoms with E-state index in [1.807, 2.05) is 4.31 Å². The number of thiol groups is 1. The van der Waals surface area contributed by atoms with E-state index in [0.29, 0.717) is 6.10 Å². The molecule has 0 N–H and O–H groups in total. The Balaban J connectivity index is 2.23. The summed E-state index contributed by atoms with van der Waals surface area (Å²) < 4.78 is 7.42. The molecule has 0 bridgehead atoms. The quantitative estimate of drug-likeness (QED) is 0.554. The highest BCUT2D eigenvalue weighted by atomic mass is 32.1. The van der Waals surface area contributed by atoms with Crippen molar-refractivity contribution in [2.45, 2.75) is 19.4 Å².